The van der Waals surface area contributed by atoms with Crippen molar-refractivity contribution in [3.05, 3.63) is 5.28 Å². The topological polar surface area (TPSA) is 67.9 Å². The summed E-state index contributed by atoms with van der Waals surface area (Å²) < 4.78 is 0. The van der Waals surface area contributed by atoms with Gasteiger partial charge in [-0.2, -0.15) is 15.0 Å². The Morgan fingerprint density at radius 2 is 1.70 bits per heavy atom. The Morgan fingerprint density at radius 1 is 1.15 bits per heavy atom. The Hall–Kier alpha value is -0.590. The number of hydrogen-bond acceptors (Lipinski definition) is 6. The largest absolute Gasteiger partial charge is 0.330 e. The first-order valence-corrected chi connectivity index (χ1v) is 8.27. The van der Waals surface area contributed by atoms with E-state index < -0.39 is 0 Å². The third-order valence-corrected chi connectivity index (χ3v) is 4.41. The fourth-order valence-electron chi connectivity index (χ4n) is 3.41. The van der Waals surface area contributed by atoms with Crippen LogP contribution in [0.5, 0.6) is 0 Å². The van der Waals surface area contributed by atoms with Crippen LogP contribution in [-0.4, -0.2) is 38.3 Å². The van der Waals surface area contributed by atoms with Gasteiger partial charge in [0.25, 0.3) is 0 Å². The second kappa shape index (κ2) is 5.31. The lowest BCUT2D eigenvalue weighted by molar-refractivity contribution is 0.215. The first kappa shape index (κ1) is 15.8. The quantitative estimate of drug-likeness (QED) is 0.846. The van der Waals surface area contributed by atoms with Crippen molar-refractivity contribution in [2.45, 2.75) is 62.8 Å². The van der Waals surface area contributed by atoms with Crippen LogP contribution in [-0.2, 0) is 0 Å². The molecular formula is C13H22ClN5S. The lowest BCUT2D eigenvalue weighted by atomic mass is 9.77. The Kier molecular flexibility index (Phi) is 4.19. The van der Waals surface area contributed by atoms with Crippen LogP contribution in [0.4, 0.5) is 5.95 Å². The van der Waals surface area contributed by atoms with E-state index in [-0.39, 0.29) is 22.4 Å². The summed E-state index contributed by atoms with van der Waals surface area (Å²) >= 11 is 7.50. The van der Waals surface area contributed by atoms with E-state index in [0.717, 1.165) is 12.8 Å². The molecule has 1 aromatic rings. The van der Waals surface area contributed by atoms with E-state index in [2.05, 4.69) is 47.5 Å². The van der Waals surface area contributed by atoms with Crippen molar-refractivity contribution in [2.24, 2.45) is 5.73 Å². The summed E-state index contributed by atoms with van der Waals surface area (Å²) in [6.45, 7) is 8.68. The molecule has 1 aromatic heterocycles. The van der Waals surface area contributed by atoms with Crippen molar-refractivity contribution in [2.75, 3.05) is 11.2 Å². The number of rotatable bonds is 2. The minimum absolute atomic E-state index is 0.123. The second-order valence-corrected chi connectivity index (χ2v) is 7.63. The highest BCUT2D eigenvalue weighted by molar-refractivity contribution is 7.98. The number of aromatic nitrogens is 3. The summed E-state index contributed by atoms with van der Waals surface area (Å²) in [5.41, 5.74) is 5.96. The third-order valence-electron chi connectivity index (χ3n) is 3.69. The number of nitrogens with two attached hydrogens (primary N) is 1. The molecule has 0 amide bonds. The van der Waals surface area contributed by atoms with Crippen LogP contribution in [0.1, 0.15) is 40.5 Å². The zero-order valence-electron chi connectivity index (χ0n) is 12.6. The molecule has 0 atom stereocenters. The summed E-state index contributed by atoms with van der Waals surface area (Å²) in [4.78, 5) is 15.2. The molecule has 0 radical (unpaired) electrons. The van der Waals surface area contributed by atoms with Crippen molar-refractivity contribution < 1.29 is 0 Å². The standard InChI is InChI=1S/C13H22ClN5S/c1-12(2)6-8(15)7-13(3,4)19(12)10-16-9(14)17-11(18-10)20-5/h8H,6-7,15H2,1-5H3. The van der Waals surface area contributed by atoms with Gasteiger partial charge >= 0.3 is 0 Å². The predicted octanol–water partition coefficient (Wildman–Crippen LogP) is 2.73. The molecule has 2 rings (SSSR count). The summed E-state index contributed by atoms with van der Waals surface area (Å²) in [6.07, 6.45) is 3.72. The number of anilines is 1. The maximum absolute atomic E-state index is 6.20. The van der Waals surface area contributed by atoms with Crippen LogP contribution in [0.3, 0.4) is 0 Å². The summed E-state index contributed by atoms with van der Waals surface area (Å²) in [7, 11) is 0. The first-order valence-electron chi connectivity index (χ1n) is 6.67. The minimum atomic E-state index is -0.123. The molecular weight excluding hydrogens is 294 g/mol. The van der Waals surface area contributed by atoms with Crippen molar-refractivity contribution >= 4 is 29.3 Å². The van der Waals surface area contributed by atoms with Gasteiger partial charge in [-0.05, 0) is 58.4 Å². The molecule has 1 aliphatic rings. The highest BCUT2D eigenvalue weighted by Crippen LogP contribution is 2.40. The van der Waals surface area contributed by atoms with E-state index in [9.17, 15) is 0 Å². The maximum Gasteiger partial charge on any atom is 0.231 e. The summed E-state index contributed by atoms with van der Waals surface area (Å²) in [5, 5.41) is 0.877. The molecule has 1 saturated heterocycles. The van der Waals surface area contributed by atoms with Crippen LogP contribution >= 0.6 is 23.4 Å². The lowest BCUT2D eigenvalue weighted by Crippen LogP contribution is -2.64. The summed E-state index contributed by atoms with van der Waals surface area (Å²) in [6, 6.07) is 0.188. The van der Waals surface area contributed by atoms with Crippen LogP contribution in [0.2, 0.25) is 5.28 Å². The molecule has 1 fully saturated rings. The van der Waals surface area contributed by atoms with E-state index in [0.29, 0.717) is 11.1 Å². The van der Waals surface area contributed by atoms with Crippen LogP contribution in [0, 0.1) is 0 Å². The monoisotopic (exact) mass is 315 g/mol. The summed E-state index contributed by atoms with van der Waals surface area (Å²) in [5.74, 6) is 0.635. The molecule has 2 heterocycles. The zero-order chi connectivity index (χ0) is 15.1. The van der Waals surface area contributed by atoms with Crippen molar-refractivity contribution in [1.82, 2.24) is 15.0 Å². The van der Waals surface area contributed by atoms with Gasteiger partial charge in [0, 0.05) is 17.1 Å². The Labute approximate surface area is 129 Å². The van der Waals surface area contributed by atoms with Gasteiger partial charge in [-0.1, -0.05) is 11.8 Å². The van der Waals surface area contributed by atoms with Gasteiger partial charge in [0.05, 0.1) is 0 Å². The normalized spacial score (nSPS) is 22.1. The van der Waals surface area contributed by atoms with Gasteiger partial charge in [-0.15, -0.1) is 0 Å². The minimum Gasteiger partial charge on any atom is -0.330 e. The van der Waals surface area contributed by atoms with E-state index in [1.54, 1.807) is 0 Å². The number of piperidine rings is 1. The Morgan fingerprint density at radius 3 is 2.20 bits per heavy atom. The predicted molar refractivity (Wildman–Crippen MR) is 84.5 cm³/mol. The molecule has 2 N–H and O–H groups in total. The Bertz CT molecular complexity index is 488. The highest BCUT2D eigenvalue weighted by atomic mass is 35.5. The molecule has 1 aliphatic heterocycles. The molecule has 0 bridgehead atoms. The van der Waals surface area contributed by atoms with E-state index in [4.69, 9.17) is 17.3 Å². The number of nitrogens with zero attached hydrogens (tertiary/aromatic N) is 4. The van der Waals surface area contributed by atoms with Gasteiger partial charge in [0.2, 0.25) is 11.2 Å². The molecule has 0 spiro atoms. The molecule has 0 aliphatic carbocycles. The fraction of sp³-hybridized carbons (Fsp3) is 0.769. The van der Waals surface area contributed by atoms with Gasteiger partial charge in [0.15, 0.2) is 5.16 Å². The van der Waals surface area contributed by atoms with Crippen molar-refractivity contribution in [3.8, 4) is 0 Å². The van der Waals surface area contributed by atoms with Gasteiger partial charge in [-0.3, -0.25) is 0 Å². The molecule has 5 nitrogen and oxygen atoms in total. The smallest absolute Gasteiger partial charge is 0.231 e. The van der Waals surface area contributed by atoms with E-state index in [1.807, 2.05) is 6.26 Å². The van der Waals surface area contributed by atoms with Gasteiger partial charge < -0.3 is 10.6 Å². The van der Waals surface area contributed by atoms with E-state index >= 15 is 0 Å². The highest BCUT2D eigenvalue weighted by Gasteiger charge is 2.45. The fourth-order valence-corrected chi connectivity index (χ4v) is 3.97. The molecule has 0 saturated carbocycles. The zero-order valence-corrected chi connectivity index (χ0v) is 14.2. The van der Waals surface area contributed by atoms with E-state index in [1.165, 1.54) is 11.8 Å². The number of hydrogen-bond donors (Lipinski definition) is 1. The molecule has 7 heteroatoms. The van der Waals surface area contributed by atoms with Crippen LogP contribution in [0.25, 0.3) is 0 Å². The third kappa shape index (κ3) is 3.02. The first-order chi connectivity index (χ1) is 9.15. The Balaban J connectivity index is 2.50. The van der Waals surface area contributed by atoms with Crippen molar-refractivity contribution in [3.63, 3.8) is 0 Å². The lowest BCUT2D eigenvalue weighted by Gasteiger charge is -2.54. The number of halogens is 1. The molecule has 0 aromatic carbocycles. The number of thioether (sulfide) groups is 1. The van der Waals surface area contributed by atoms with Gasteiger partial charge in [0.1, 0.15) is 0 Å². The molecule has 20 heavy (non-hydrogen) atoms. The second-order valence-electron chi connectivity index (χ2n) is 6.52. The van der Waals surface area contributed by atoms with Crippen molar-refractivity contribution in [1.29, 1.82) is 0 Å². The van der Waals surface area contributed by atoms with Gasteiger partial charge in [-0.25, -0.2) is 0 Å². The molecule has 112 valence electrons. The maximum atomic E-state index is 6.20. The van der Waals surface area contributed by atoms with Crippen LogP contribution in [0.15, 0.2) is 5.16 Å². The average molecular weight is 316 g/mol. The average Bonchev–Trinajstić information content (AvgIpc) is 2.23. The molecule has 0 unspecified atom stereocenters. The van der Waals surface area contributed by atoms with Crippen LogP contribution < -0.4 is 10.6 Å². The SMILES string of the molecule is CSc1nc(Cl)nc(N2C(C)(C)CC(N)CC2(C)C)n1.